The minimum atomic E-state index is -0.643. The van der Waals surface area contributed by atoms with Gasteiger partial charge in [-0.15, -0.1) is 0 Å². The van der Waals surface area contributed by atoms with Crippen LogP contribution in [0.5, 0.6) is 0 Å². The molecule has 0 radical (unpaired) electrons. The second-order valence-corrected chi connectivity index (χ2v) is 4.06. The number of amides is 1. The second kappa shape index (κ2) is 8.77. The summed E-state index contributed by atoms with van der Waals surface area (Å²) in [7, 11) is 1.28. The zero-order chi connectivity index (χ0) is 16.4. The number of methoxy groups -OCH3 is 1. The molecular weight excluding hydrogens is 284 g/mol. The topological polar surface area (TPSA) is 115 Å². The molecule has 0 aliphatic rings. The molecule has 1 amide bonds. The van der Waals surface area contributed by atoms with Gasteiger partial charge >= 0.3 is 5.97 Å². The Bertz CT molecular complexity index is 668. The quantitative estimate of drug-likeness (QED) is 0.351. The fourth-order valence-electron chi connectivity index (χ4n) is 1.48. The minimum absolute atomic E-state index is 0.116. The van der Waals surface area contributed by atoms with Crippen molar-refractivity contribution in [2.24, 2.45) is 0 Å². The highest BCUT2D eigenvalue weighted by Gasteiger charge is 2.11. The SMILES string of the molecule is COC(=O)CCN/C=C(/C#N)C(=O)Nc1ccccc1C#N. The predicted octanol–water partition coefficient (Wildman–Crippen LogP) is 1.06. The molecule has 0 aliphatic carbocycles. The fourth-order valence-corrected chi connectivity index (χ4v) is 1.48. The second-order valence-electron chi connectivity index (χ2n) is 4.06. The van der Waals surface area contributed by atoms with Gasteiger partial charge in [-0.1, -0.05) is 12.1 Å². The molecule has 112 valence electrons. The smallest absolute Gasteiger partial charge is 0.307 e. The summed E-state index contributed by atoms with van der Waals surface area (Å²) in [5.41, 5.74) is 0.454. The molecule has 0 aromatic heterocycles. The molecule has 1 aromatic rings. The van der Waals surface area contributed by atoms with Crippen LogP contribution >= 0.6 is 0 Å². The van der Waals surface area contributed by atoms with Crippen LogP contribution in [0.3, 0.4) is 0 Å². The normalized spacial score (nSPS) is 10.0. The van der Waals surface area contributed by atoms with Crippen LogP contribution in [0.2, 0.25) is 0 Å². The first kappa shape index (κ1) is 16.7. The van der Waals surface area contributed by atoms with Crippen LogP contribution in [-0.2, 0) is 14.3 Å². The highest BCUT2D eigenvalue weighted by molar-refractivity contribution is 6.07. The van der Waals surface area contributed by atoms with Crippen molar-refractivity contribution in [2.45, 2.75) is 6.42 Å². The Morgan fingerprint density at radius 1 is 1.32 bits per heavy atom. The average molecular weight is 298 g/mol. The Morgan fingerprint density at radius 3 is 2.68 bits per heavy atom. The molecule has 2 N–H and O–H groups in total. The van der Waals surface area contributed by atoms with E-state index in [9.17, 15) is 9.59 Å². The summed E-state index contributed by atoms with van der Waals surface area (Å²) >= 11 is 0. The van der Waals surface area contributed by atoms with E-state index < -0.39 is 11.9 Å². The number of benzene rings is 1. The molecule has 0 spiro atoms. The standard InChI is InChI=1S/C15H14N4O3/c1-22-14(20)6-7-18-10-12(9-17)15(21)19-13-5-3-2-4-11(13)8-16/h2-5,10,18H,6-7H2,1H3,(H,19,21)/b12-10-. The largest absolute Gasteiger partial charge is 0.469 e. The number of nitriles is 2. The van der Waals surface area contributed by atoms with E-state index in [1.165, 1.54) is 13.3 Å². The van der Waals surface area contributed by atoms with E-state index in [0.717, 1.165) is 0 Å². The summed E-state index contributed by atoms with van der Waals surface area (Å²) in [6.45, 7) is 0.236. The molecule has 7 nitrogen and oxygen atoms in total. The molecular formula is C15H14N4O3. The molecule has 1 rings (SSSR count). The predicted molar refractivity (Wildman–Crippen MR) is 78.1 cm³/mol. The number of nitrogens with one attached hydrogen (secondary N) is 2. The highest BCUT2D eigenvalue weighted by Crippen LogP contribution is 2.14. The Hall–Kier alpha value is -3.32. The summed E-state index contributed by atoms with van der Waals surface area (Å²) in [5.74, 6) is -1.04. The highest BCUT2D eigenvalue weighted by atomic mass is 16.5. The Labute approximate surface area is 127 Å². The van der Waals surface area contributed by atoms with Crippen molar-refractivity contribution in [3.8, 4) is 12.1 Å². The summed E-state index contributed by atoms with van der Waals surface area (Å²) < 4.78 is 4.46. The van der Waals surface area contributed by atoms with Gasteiger partial charge in [-0.25, -0.2) is 0 Å². The van der Waals surface area contributed by atoms with Crippen LogP contribution in [-0.4, -0.2) is 25.5 Å². The van der Waals surface area contributed by atoms with Gasteiger partial charge in [0.1, 0.15) is 17.7 Å². The number of hydrogen-bond donors (Lipinski definition) is 2. The zero-order valence-corrected chi connectivity index (χ0v) is 11.9. The number of carbonyl (C=O) groups is 2. The van der Waals surface area contributed by atoms with Crippen molar-refractivity contribution in [3.63, 3.8) is 0 Å². The number of esters is 1. The molecule has 0 saturated heterocycles. The van der Waals surface area contributed by atoms with E-state index in [0.29, 0.717) is 11.3 Å². The first-order valence-electron chi connectivity index (χ1n) is 6.33. The molecule has 7 heteroatoms. The Balaban J connectivity index is 2.67. The molecule has 0 unspecified atom stereocenters. The fraction of sp³-hybridized carbons (Fsp3) is 0.200. The third kappa shape index (κ3) is 4.99. The third-order valence-electron chi connectivity index (χ3n) is 2.61. The summed E-state index contributed by atoms with van der Waals surface area (Å²) in [6, 6.07) is 10.2. The van der Waals surface area contributed by atoms with Crippen LogP contribution in [0.4, 0.5) is 5.69 Å². The van der Waals surface area contributed by atoms with Crippen molar-refractivity contribution < 1.29 is 14.3 Å². The molecule has 0 aliphatic heterocycles. The lowest BCUT2D eigenvalue weighted by Gasteiger charge is -2.06. The van der Waals surface area contributed by atoms with E-state index in [1.54, 1.807) is 30.3 Å². The van der Waals surface area contributed by atoms with Gasteiger partial charge in [0.25, 0.3) is 5.91 Å². The van der Waals surface area contributed by atoms with Gasteiger partial charge in [0, 0.05) is 12.7 Å². The lowest BCUT2D eigenvalue weighted by molar-refractivity contribution is -0.140. The zero-order valence-electron chi connectivity index (χ0n) is 11.9. The summed E-state index contributed by atoms with van der Waals surface area (Å²) in [6.07, 6.45) is 1.33. The molecule has 0 fully saturated rings. The van der Waals surface area contributed by atoms with Crippen LogP contribution in [0, 0.1) is 22.7 Å². The van der Waals surface area contributed by atoms with E-state index in [1.807, 2.05) is 6.07 Å². The van der Waals surface area contributed by atoms with Crippen molar-refractivity contribution in [1.29, 1.82) is 10.5 Å². The maximum absolute atomic E-state index is 12.0. The molecule has 0 atom stereocenters. The van der Waals surface area contributed by atoms with Crippen molar-refractivity contribution >= 4 is 17.6 Å². The van der Waals surface area contributed by atoms with E-state index in [2.05, 4.69) is 15.4 Å². The number of anilines is 1. The van der Waals surface area contributed by atoms with Gasteiger partial charge in [0.15, 0.2) is 0 Å². The van der Waals surface area contributed by atoms with Crippen LogP contribution < -0.4 is 10.6 Å². The van der Waals surface area contributed by atoms with E-state index >= 15 is 0 Å². The monoisotopic (exact) mass is 298 g/mol. The van der Waals surface area contributed by atoms with Gasteiger partial charge in [-0.2, -0.15) is 10.5 Å². The van der Waals surface area contributed by atoms with Crippen molar-refractivity contribution in [3.05, 3.63) is 41.6 Å². The van der Waals surface area contributed by atoms with Gasteiger partial charge in [-0.05, 0) is 12.1 Å². The Morgan fingerprint density at radius 2 is 2.05 bits per heavy atom. The maximum atomic E-state index is 12.0. The van der Waals surface area contributed by atoms with Crippen LogP contribution in [0.15, 0.2) is 36.0 Å². The first-order chi connectivity index (χ1) is 10.6. The molecule has 1 aromatic carbocycles. The molecule has 0 bridgehead atoms. The Kier molecular flexibility index (Phi) is 6.67. The maximum Gasteiger partial charge on any atom is 0.307 e. The third-order valence-corrected chi connectivity index (χ3v) is 2.61. The lowest BCUT2D eigenvalue weighted by Crippen LogP contribution is -2.19. The minimum Gasteiger partial charge on any atom is -0.469 e. The molecule has 0 heterocycles. The van der Waals surface area contributed by atoms with E-state index in [-0.39, 0.29) is 18.5 Å². The van der Waals surface area contributed by atoms with Gasteiger partial charge in [-0.3, -0.25) is 9.59 Å². The van der Waals surface area contributed by atoms with E-state index in [4.69, 9.17) is 10.5 Å². The number of para-hydroxylation sites is 1. The molecule has 0 saturated carbocycles. The average Bonchev–Trinajstić information content (AvgIpc) is 2.54. The van der Waals surface area contributed by atoms with Crippen LogP contribution in [0.1, 0.15) is 12.0 Å². The number of nitrogens with zero attached hydrogens (tertiary/aromatic N) is 2. The summed E-state index contributed by atoms with van der Waals surface area (Å²) in [5, 5.41) is 23.1. The lowest BCUT2D eigenvalue weighted by atomic mass is 10.2. The van der Waals surface area contributed by atoms with Crippen molar-refractivity contribution in [1.82, 2.24) is 5.32 Å². The van der Waals surface area contributed by atoms with Gasteiger partial charge in [0.2, 0.25) is 0 Å². The first-order valence-corrected chi connectivity index (χ1v) is 6.33. The molecule has 22 heavy (non-hydrogen) atoms. The number of hydrogen-bond acceptors (Lipinski definition) is 6. The van der Waals surface area contributed by atoms with Crippen LogP contribution in [0.25, 0.3) is 0 Å². The van der Waals surface area contributed by atoms with Gasteiger partial charge in [0.05, 0.1) is 24.8 Å². The number of carbonyl (C=O) groups excluding carboxylic acids is 2. The van der Waals surface area contributed by atoms with Crippen molar-refractivity contribution in [2.75, 3.05) is 19.0 Å². The van der Waals surface area contributed by atoms with Gasteiger partial charge < -0.3 is 15.4 Å². The summed E-state index contributed by atoms with van der Waals surface area (Å²) in [4.78, 5) is 22.9. The number of ether oxygens (including phenoxy) is 1. The number of rotatable bonds is 6.